The Morgan fingerprint density at radius 1 is 0.756 bits per heavy atom. The summed E-state index contributed by atoms with van der Waals surface area (Å²) in [5, 5.41) is 5.76. The quantitative estimate of drug-likeness (QED) is 0.302. The van der Waals surface area contributed by atoms with Crippen LogP contribution in [0.15, 0.2) is 86.9 Å². The van der Waals surface area contributed by atoms with Crippen LogP contribution in [-0.4, -0.2) is 48.7 Å². The average molecular weight is 611 g/mol. The van der Waals surface area contributed by atoms with E-state index in [0.717, 1.165) is 39.2 Å². The summed E-state index contributed by atoms with van der Waals surface area (Å²) in [6.07, 6.45) is 9.84. The second-order valence-corrected chi connectivity index (χ2v) is 10.8. The first-order chi connectivity index (χ1) is 21.4. The summed E-state index contributed by atoms with van der Waals surface area (Å²) < 4.78 is 9.79. The van der Waals surface area contributed by atoms with E-state index in [4.69, 9.17) is 14.5 Å². The molecular formula is C35H38N4O6. The minimum absolute atomic E-state index is 0.154. The highest BCUT2D eigenvalue weighted by Crippen LogP contribution is 2.35. The monoisotopic (exact) mass is 610 g/mol. The number of aromatic nitrogens is 1. The van der Waals surface area contributed by atoms with Crippen LogP contribution in [0.5, 0.6) is 0 Å². The van der Waals surface area contributed by atoms with Gasteiger partial charge in [-0.05, 0) is 86.6 Å². The van der Waals surface area contributed by atoms with Crippen LogP contribution < -0.4 is 10.6 Å². The number of allylic oxidation sites excluding steroid dienone is 5. The molecule has 4 heterocycles. The molecule has 3 aliphatic heterocycles. The van der Waals surface area contributed by atoms with E-state index in [-0.39, 0.29) is 36.6 Å². The van der Waals surface area contributed by atoms with Gasteiger partial charge < -0.3 is 25.1 Å². The highest BCUT2D eigenvalue weighted by molar-refractivity contribution is 6.14. The number of amides is 2. The molecule has 0 bridgehead atoms. The Balaban J connectivity index is 1.85. The molecule has 0 unspecified atom stereocenters. The lowest BCUT2D eigenvalue weighted by molar-refractivity contribution is -0.141. The van der Waals surface area contributed by atoms with Crippen molar-refractivity contribution in [2.75, 3.05) is 14.2 Å². The molecule has 0 saturated heterocycles. The van der Waals surface area contributed by atoms with Crippen LogP contribution in [0.4, 0.5) is 0 Å². The minimum Gasteiger partial charge on any atom is -0.469 e. The van der Waals surface area contributed by atoms with Crippen LogP contribution in [0.1, 0.15) is 62.5 Å². The van der Waals surface area contributed by atoms with E-state index in [0.29, 0.717) is 52.4 Å². The smallest absolute Gasteiger partial charge is 0.305 e. The fourth-order valence-corrected chi connectivity index (χ4v) is 5.52. The van der Waals surface area contributed by atoms with E-state index in [2.05, 4.69) is 28.8 Å². The third-order valence-corrected chi connectivity index (χ3v) is 8.29. The summed E-state index contributed by atoms with van der Waals surface area (Å²) in [5.41, 5.74) is 10.1. The van der Waals surface area contributed by atoms with Crippen molar-refractivity contribution in [3.63, 3.8) is 0 Å². The van der Waals surface area contributed by atoms with Gasteiger partial charge in [0.1, 0.15) is 0 Å². The Hall–Kier alpha value is -5.25. The summed E-state index contributed by atoms with van der Waals surface area (Å²) in [7, 11) is 2.70. The zero-order valence-electron chi connectivity index (χ0n) is 26.5. The summed E-state index contributed by atoms with van der Waals surface area (Å²) in [6.45, 7) is 15.1. The van der Waals surface area contributed by atoms with Gasteiger partial charge in [0.2, 0.25) is 0 Å². The molecule has 2 amide bonds. The number of rotatable bonds is 11. The van der Waals surface area contributed by atoms with Crippen molar-refractivity contribution in [2.45, 2.75) is 53.4 Å². The number of H-pyrrole nitrogens is 1. The number of carbonyl (C=O) groups is 4. The number of hydrogen-bond acceptors (Lipinski definition) is 7. The molecule has 0 fully saturated rings. The number of carbonyl (C=O) groups excluding carboxylic acids is 4. The first kappa shape index (κ1) is 32.7. The van der Waals surface area contributed by atoms with E-state index < -0.39 is 0 Å². The predicted molar refractivity (Wildman–Crippen MR) is 173 cm³/mol. The molecular weight excluding hydrogens is 572 g/mol. The normalized spacial score (nSPS) is 19.2. The van der Waals surface area contributed by atoms with Crippen molar-refractivity contribution in [1.29, 1.82) is 0 Å². The van der Waals surface area contributed by atoms with Gasteiger partial charge in [0.25, 0.3) is 11.8 Å². The van der Waals surface area contributed by atoms with Crippen molar-refractivity contribution in [2.24, 2.45) is 4.99 Å². The fraction of sp³-hybridized carbons (Fsp3) is 0.286. The predicted octanol–water partition coefficient (Wildman–Crippen LogP) is 4.98. The molecule has 1 aromatic rings. The SMILES string of the molecule is C=CC1=C(C)/C(=C\c2[nH]c(/C=C3N=C(/C=C4/NC(=O)C(C)=C4C=C)C(C)=C/3CCC(=O)OC)c(CCC(=O)OC)c2C)NC1=O. The number of aromatic amines is 1. The van der Waals surface area contributed by atoms with Gasteiger partial charge in [-0.15, -0.1) is 0 Å². The number of aliphatic imine (C=N–C) groups is 1. The van der Waals surface area contributed by atoms with Gasteiger partial charge in [-0.3, -0.25) is 19.2 Å². The van der Waals surface area contributed by atoms with Crippen molar-refractivity contribution in [3.8, 4) is 0 Å². The second kappa shape index (κ2) is 13.6. The number of nitrogens with zero attached hydrogens (tertiary/aromatic N) is 1. The molecule has 0 atom stereocenters. The topological polar surface area (TPSA) is 139 Å². The lowest BCUT2D eigenvalue weighted by atomic mass is 9.98. The van der Waals surface area contributed by atoms with Crippen molar-refractivity contribution in [3.05, 3.63) is 104 Å². The largest absolute Gasteiger partial charge is 0.469 e. The Morgan fingerprint density at radius 3 is 1.98 bits per heavy atom. The molecule has 0 radical (unpaired) electrons. The standard InChI is InChI=1S/C35H38N4O6/c1-9-22-21(6)34(42)39-29(22)16-27-20(5)25(12-14-33(41)45-8)31(37-27)17-30-24(11-13-32(40)44-7)19(4)26(36-30)15-28-18(3)23(10-2)35(43)38-28/h9-10,15-17,36H,1-2,11-14H2,3-8H3,(H,38,43)(H,39,42)/b28-15+,29-16+,31-17+. The van der Waals surface area contributed by atoms with Crippen LogP contribution >= 0.6 is 0 Å². The summed E-state index contributed by atoms with van der Waals surface area (Å²) in [4.78, 5) is 57.4. The Labute approximate surface area is 262 Å². The average Bonchev–Trinajstić information content (AvgIpc) is 3.66. The van der Waals surface area contributed by atoms with Gasteiger partial charge in [0, 0.05) is 46.6 Å². The molecule has 234 valence electrons. The lowest BCUT2D eigenvalue weighted by Crippen LogP contribution is -2.16. The van der Waals surface area contributed by atoms with Gasteiger partial charge in [0.15, 0.2) is 0 Å². The minimum atomic E-state index is -0.346. The molecule has 0 saturated carbocycles. The molecule has 45 heavy (non-hydrogen) atoms. The van der Waals surface area contributed by atoms with E-state index in [1.54, 1.807) is 13.0 Å². The van der Waals surface area contributed by atoms with Gasteiger partial charge in [-0.2, -0.15) is 0 Å². The molecule has 1 aromatic heterocycles. The molecule has 0 aromatic carbocycles. The second-order valence-electron chi connectivity index (χ2n) is 10.8. The summed E-state index contributed by atoms with van der Waals surface area (Å²) in [5.74, 6) is -1.09. The zero-order chi connectivity index (χ0) is 33.0. The molecule has 3 aliphatic rings. The summed E-state index contributed by atoms with van der Waals surface area (Å²) in [6, 6.07) is 0. The number of ether oxygens (including phenoxy) is 2. The maximum Gasteiger partial charge on any atom is 0.305 e. The molecule has 0 aliphatic carbocycles. The van der Waals surface area contributed by atoms with Crippen molar-refractivity contribution < 1.29 is 28.7 Å². The first-order valence-electron chi connectivity index (χ1n) is 14.5. The van der Waals surface area contributed by atoms with Crippen LogP contribution in [-0.2, 0) is 35.1 Å². The number of methoxy groups -OCH3 is 2. The fourth-order valence-electron chi connectivity index (χ4n) is 5.52. The molecule has 3 N–H and O–H groups in total. The third kappa shape index (κ3) is 6.64. The van der Waals surface area contributed by atoms with Gasteiger partial charge >= 0.3 is 11.9 Å². The van der Waals surface area contributed by atoms with E-state index in [1.807, 2.05) is 39.0 Å². The molecule has 4 rings (SSSR count). The Morgan fingerprint density at radius 2 is 1.38 bits per heavy atom. The maximum atomic E-state index is 12.4. The van der Waals surface area contributed by atoms with Gasteiger partial charge in [-0.25, -0.2) is 4.99 Å². The number of esters is 2. The highest BCUT2D eigenvalue weighted by Gasteiger charge is 2.27. The van der Waals surface area contributed by atoms with Crippen LogP contribution in [0.2, 0.25) is 0 Å². The third-order valence-electron chi connectivity index (χ3n) is 8.29. The van der Waals surface area contributed by atoms with Gasteiger partial charge in [0.05, 0.1) is 31.3 Å². The lowest BCUT2D eigenvalue weighted by Gasteiger charge is -2.07. The van der Waals surface area contributed by atoms with Crippen molar-refractivity contribution in [1.82, 2.24) is 15.6 Å². The van der Waals surface area contributed by atoms with E-state index in [9.17, 15) is 19.2 Å². The van der Waals surface area contributed by atoms with Gasteiger partial charge in [-0.1, -0.05) is 25.3 Å². The highest BCUT2D eigenvalue weighted by atomic mass is 16.5. The molecule has 10 heteroatoms. The first-order valence-corrected chi connectivity index (χ1v) is 14.5. The van der Waals surface area contributed by atoms with Crippen LogP contribution in [0.25, 0.3) is 12.2 Å². The van der Waals surface area contributed by atoms with Crippen molar-refractivity contribution >= 4 is 41.6 Å². The zero-order valence-corrected chi connectivity index (χ0v) is 26.5. The summed E-state index contributed by atoms with van der Waals surface area (Å²) >= 11 is 0. The van der Waals surface area contributed by atoms with Crippen LogP contribution in [0, 0.1) is 6.92 Å². The Bertz CT molecular complexity index is 1750. The Kier molecular flexibility index (Phi) is 9.86. The maximum absolute atomic E-state index is 12.4. The molecule has 10 nitrogen and oxygen atoms in total. The number of hydrogen-bond donors (Lipinski definition) is 3. The van der Waals surface area contributed by atoms with Crippen LogP contribution in [0.3, 0.4) is 0 Å². The molecule has 0 spiro atoms. The van der Waals surface area contributed by atoms with E-state index >= 15 is 0 Å². The van der Waals surface area contributed by atoms with E-state index in [1.165, 1.54) is 20.3 Å². The number of nitrogens with one attached hydrogen (secondary N) is 3.